The Morgan fingerprint density at radius 2 is 1.93 bits per heavy atom. The van der Waals surface area contributed by atoms with Crippen molar-refractivity contribution in [3.8, 4) is 0 Å². The summed E-state index contributed by atoms with van der Waals surface area (Å²) in [6, 6.07) is -0.00480. The molecule has 0 fully saturated rings. The zero-order valence-electron chi connectivity index (χ0n) is 9.73. The van der Waals surface area contributed by atoms with E-state index >= 15 is 0 Å². The lowest BCUT2D eigenvalue weighted by atomic mass is 10.1. The number of aliphatic hydroxyl groups excluding tert-OH is 1. The fraction of sp³-hybridized carbons (Fsp3) is 1.00. The van der Waals surface area contributed by atoms with Crippen molar-refractivity contribution in [3.63, 3.8) is 0 Å². The van der Waals surface area contributed by atoms with Crippen LogP contribution < -0.4 is 5.73 Å². The first-order valence-corrected chi connectivity index (χ1v) is 5.17. The molecule has 14 heavy (non-hydrogen) atoms. The lowest BCUT2D eigenvalue weighted by molar-refractivity contribution is 0.0443. The van der Waals surface area contributed by atoms with Crippen LogP contribution in [0.4, 0.5) is 0 Å². The van der Waals surface area contributed by atoms with Crippen LogP contribution in [0.3, 0.4) is 0 Å². The van der Waals surface area contributed by atoms with Crippen LogP contribution in [0, 0.1) is 0 Å². The molecular formula is C10H24N2O2. The van der Waals surface area contributed by atoms with E-state index < -0.39 is 0 Å². The normalized spacial score (nSPS) is 16.3. The number of hydrogen-bond donors (Lipinski definition) is 2. The predicted octanol–water partition coefficient (Wildman–Crippen LogP) is 0.0513. The monoisotopic (exact) mass is 204 g/mol. The van der Waals surface area contributed by atoms with Crippen LogP contribution in [-0.2, 0) is 4.74 Å². The average Bonchev–Trinajstić information content (AvgIpc) is 2.03. The fourth-order valence-corrected chi connectivity index (χ4v) is 1.31. The molecule has 0 spiro atoms. The fourth-order valence-electron chi connectivity index (χ4n) is 1.31. The molecule has 0 amide bonds. The third kappa shape index (κ3) is 5.54. The minimum absolute atomic E-state index is 0.0192. The molecule has 4 heteroatoms. The smallest absolute Gasteiger partial charge is 0.0601 e. The Kier molecular flexibility index (Phi) is 7.09. The molecule has 3 N–H and O–H groups in total. The quantitative estimate of drug-likeness (QED) is 0.615. The Balaban J connectivity index is 3.75. The summed E-state index contributed by atoms with van der Waals surface area (Å²) in [6.45, 7) is 7.49. The number of aliphatic hydroxyl groups is 1. The van der Waals surface area contributed by atoms with Gasteiger partial charge in [0.15, 0.2) is 0 Å². The molecule has 0 radical (unpaired) electrons. The van der Waals surface area contributed by atoms with Crippen molar-refractivity contribution < 1.29 is 9.84 Å². The van der Waals surface area contributed by atoms with Crippen LogP contribution in [0.25, 0.3) is 0 Å². The van der Waals surface area contributed by atoms with Crippen molar-refractivity contribution in [3.05, 3.63) is 0 Å². The first kappa shape index (κ1) is 13.8. The first-order chi connectivity index (χ1) is 6.49. The number of ether oxygens (including phenoxy) is 1. The van der Waals surface area contributed by atoms with Gasteiger partial charge < -0.3 is 15.6 Å². The van der Waals surface area contributed by atoms with E-state index in [1.807, 2.05) is 32.7 Å². The lowest BCUT2D eigenvalue weighted by Gasteiger charge is -2.29. The molecule has 0 rings (SSSR count). The summed E-state index contributed by atoms with van der Waals surface area (Å²) >= 11 is 0. The summed E-state index contributed by atoms with van der Waals surface area (Å²) in [6.07, 6.45) is 0.256. The summed E-state index contributed by atoms with van der Waals surface area (Å²) in [5.41, 5.74) is 5.74. The second-order valence-electron chi connectivity index (χ2n) is 4.01. The van der Waals surface area contributed by atoms with Crippen molar-refractivity contribution in [2.75, 3.05) is 26.8 Å². The van der Waals surface area contributed by atoms with Gasteiger partial charge in [0.05, 0.1) is 19.3 Å². The highest BCUT2D eigenvalue weighted by atomic mass is 16.5. The molecule has 0 saturated carbocycles. The zero-order chi connectivity index (χ0) is 11.1. The highest BCUT2D eigenvalue weighted by molar-refractivity contribution is 4.76. The molecule has 0 heterocycles. The van der Waals surface area contributed by atoms with Gasteiger partial charge in [0.2, 0.25) is 0 Å². The topological polar surface area (TPSA) is 58.7 Å². The second kappa shape index (κ2) is 7.17. The van der Waals surface area contributed by atoms with E-state index in [0.29, 0.717) is 6.61 Å². The van der Waals surface area contributed by atoms with E-state index in [1.54, 1.807) is 0 Å². The third-order valence-electron chi connectivity index (χ3n) is 2.26. The van der Waals surface area contributed by atoms with Crippen LogP contribution in [0.2, 0.25) is 0 Å². The van der Waals surface area contributed by atoms with E-state index in [9.17, 15) is 0 Å². The van der Waals surface area contributed by atoms with Crippen LogP contribution in [-0.4, -0.2) is 55.0 Å². The van der Waals surface area contributed by atoms with Crippen molar-refractivity contribution in [2.45, 2.75) is 39.0 Å². The van der Waals surface area contributed by atoms with Gasteiger partial charge in [-0.1, -0.05) is 0 Å². The molecule has 0 aliphatic carbocycles. The molecule has 0 aromatic carbocycles. The molecular weight excluding hydrogens is 180 g/mol. The maximum atomic E-state index is 9.11. The van der Waals surface area contributed by atoms with Gasteiger partial charge >= 0.3 is 0 Å². The number of nitrogens with zero attached hydrogens (tertiary/aromatic N) is 1. The molecule has 0 aliphatic rings. The molecule has 0 aliphatic heterocycles. The molecule has 0 saturated heterocycles. The van der Waals surface area contributed by atoms with Crippen LogP contribution in [0.1, 0.15) is 20.8 Å². The van der Waals surface area contributed by atoms with Gasteiger partial charge in [-0.3, -0.25) is 4.90 Å². The maximum absolute atomic E-state index is 9.11. The minimum Gasteiger partial charge on any atom is -0.395 e. The Labute approximate surface area is 87.0 Å². The third-order valence-corrected chi connectivity index (χ3v) is 2.26. The number of likely N-dealkylation sites (N-methyl/N-ethyl adjacent to an activating group) is 1. The summed E-state index contributed by atoms with van der Waals surface area (Å²) in [5.74, 6) is 0. The number of nitrogens with two attached hydrogens (primary N) is 1. The summed E-state index contributed by atoms with van der Waals surface area (Å²) in [5, 5.41) is 9.11. The highest BCUT2D eigenvalue weighted by Gasteiger charge is 2.17. The van der Waals surface area contributed by atoms with Gasteiger partial charge in [-0.15, -0.1) is 0 Å². The first-order valence-electron chi connectivity index (χ1n) is 5.17. The Hall–Kier alpha value is -0.160. The summed E-state index contributed by atoms with van der Waals surface area (Å²) in [7, 11) is 1.95. The Morgan fingerprint density at radius 1 is 1.36 bits per heavy atom. The zero-order valence-corrected chi connectivity index (χ0v) is 9.73. The molecule has 2 atom stereocenters. The molecule has 86 valence electrons. The number of hydrogen-bond acceptors (Lipinski definition) is 4. The van der Waals surface area contributed by atoms with Crippen LogP contribution in [0.5, 0.6) is 0 Å². The standard InChI is InChI=1S/C10H24N2O2/c1-8(2)14-6-5-12(4)10(7-13)9(3)11/h8-10,13H,5-7,11H2,1-4H3. The lowest BCUT2D eigenvalue weighted by Crippen LogP contribution is -2.48. The van der Waals surface area contributed by atoms with Crippen molar-refractivity contribution in [1.29, 1.82) is 0 Å². The predicted molar refractivity (Wildman–Crippen MR) is 58.2 cm³/mol. The van der Waals surface area contributed by atoms with Crippen molar-refractivity contribution in [2.24, 2.45) is 5.73 Å². The average molecular weight is 204 g/mol. The van der Waals surface area contributed by atoms with Gasteiger partial charge in [0.25, 0.3) is 0 Å². The van der Waals surface area contributed by atoms with Gasteiger partial charge in [-0.25, -0.2) is 0 Å². The van der Waals surface area contributed by atoms with Crippen LogP contribution in [0.15, 0.2) is 0 Å². The van der Waals surface area contributed by atoms with E-state index in [-0.39, 0.29) is 24.8 Å². The summed E-state index contributed by atoms with van der Waals surface area (Å²) in [4.78, 5) is 2.03. The molecule has 0 bridgehead atoms. The van der Waals surface area contributed by atoms with Gasteiger partial charge in [-0.2, -0.15) is 0 Å². The Morgan fingerprint density at radius 3 is 2.29 bits per heavy atom. The largest absolute Gasteiger partial charge is 0.395 e. The van der Waals surface area contributed by atoms with Crippen LogP contribution >= 0.6 is 0 Å². The van der Waals surface area contributed by atoms with Gasteiger partial charge in [0, 0.05) is 18.6 Å². The van der Waals surface area contributed by atoms with E-state index in [1.165, 1.54) is 0 Å². The second-order valence-corrected chi connectivity index (χ2v) is 4.01. The van der Waals surface area contributed by atoms with E-state index in [4.69, 9.17) is 15.6 Å². The molecule has 4 nitrogen and oxygen atoms in total. The molecule has 0 aromatic rings. The van der Waals surface area contributed by atoms with Crippen molar-refractivity contribution in [1.82, 2.24) is 4.90 Å². The molecule has 0 aromatic heterocycles. The maximum Gasteiger partial charge on any atom is 0.0601 e. The van der Waals surface area contributed by atoms with Gasteiger partial charge in [0.1, 0.15) is 0 Å². The van der Waals surface area contributed by atoms with Crippen molar-refractivity contribution >= 4 is 0 Å². The number of rotatable bonds is 7. The molecule has 2 unspecified atom stereocenters. The minimum atomic E-state index is -0.0240. The van der Waals surface area contributed by atoms with E-state index in [2.05, 4.69) is 0 Å². The Bertz CT molecular complexity index is 140. The summed E-state index contributed by atoms with van der Waals surface area (Å²) < 4.78 is 5.42. The van der Waals surface area contributed by atoms with Gasteiger partial charge in [-0.05, 0) is 27.8 Å². The highest BCUT2D eigenvalue weighted by Crippen LogP contribution is 2.00. The van der Waals surface area contributed by atoms with E-state index in [0.717, 1.165) is 6.54 Å². The SMILES string of the molecule is CC(C)OCCN(C)C(CO)C(C)N.